The summed E-state index contributed by atoms with van der Waals surface area (Å²) in [6.45, 7) is 6.55. The summed E-state index contributed by atoms with van der Waals surface area (Å²) in [5.41, 5.74) is 0. The highest BCUT2D eigenvalue weighted by atomic mass is 16.6. The molecule has 57 heavy (non-hydrogen) atoms. The molecule has 6 heteroatoms. The second kappa shape index (κ2) is 46.3. The van der Waals surface area contributed by atoms with Crippen LogP contribution in [0.4, 0.5) is 0 Å². The molecule has 0 radical (unpaired) electrons. The fourth-order valence-electron chi connectivity index (χ4n) is 6.88. The first-order chi connectivity index (χ1) is 28.0. The molecule has 0 aromatic carbocycles. The van der Waals surface area contributed by atoms with Gasteiger partial charge in [0.2, 0.25) is 0 Å². The second-order valence-electron chi connectivity index (χ2n) is 16.4. The molecule has 0 aliphatic heterocycles. The number of ether oxygens (including phenoxy) is 3. The van der Waals surface area contributed by atoms with E-state index in [1.807, 2.05) is 0 Å². The zero-order valence-corrected chi connectivity index (χ0v) is 37.9. The average Bonchev–Trinajstić information content (AvgIpc) is 3.21. The fourth-order valence-corrected chi connectivity index (χ4v) is 6.88. The molecule has 1 atom stereocenters. The lowest BCUT2D eigenvalue weighted by Gasteiger charge is -2.18. The second-order valence-corrected chi connectivity index (χ2v) is 16.4. The summed E-state index contributed by atoms with van der Waals surface area (Å²) >= 11 is 0. The first kappa shape index (κ1) is 54.6. The van der Waals surface area contributed by atoms with Crippen molar-refractivity contribution in [3.05, 3.63) is 36.5 Å². The summed E-state index contributed by atoms with van der Waals surface area (Å²) in [4.78, 5) is 37.8. The van der Waals surface area contributed by atoms with Gasteiger partial charge >= 0.3 is 17.9 Å². The first-order valence-electron chi connectivity index (χ1n) is 24.5. The zero-order valence-electron chi connectivity index (χ0n) is 37.9. The third-order valence-electron chi connectivity index (χ3n) is 10.6. The van der Waals surface area contributed by atoms with Gasteiger partial charge in [0.05, 0.1) is 0 Å². The minimum absolute atomic E-state index is 0.0805. The van der Waals surface area contributed by atoms with E-state index in [2.05, 4.69) is 57.2 Å². The molecule has 1 unspecified atom stereocenters. The number of unbranched alkanes of at least 4 members (excludes halogenated alkanes) is 28. The molecule has 0 rings (SSSR count). The Morgan fingerprint density at radius 2 is 0.649 bits per heavy atom. The highest BCUT2D eigenvalue weighted by molar-refractivity contribution is 5.71. The third-order valence-corrected chi connectivity index (χ3v) is 10.6. The quantitative estimate of drug-likeness (QED) is 0.0201. The minimum atomic E-state index is -0.779. The normalized spacial score (nSPS) is 12.3. The van der Waals surface area contributed by atoms with Crippen molar-refractivity contribution in [1.82, 2.24) is 0 Å². The molecule has 0 N–H and O–H groups in total. The van der Waals surface area contributed by atoms with Crippen LogP contribution in [-0.4, -0.2) is 37.2 Å². The van der Waals surface area contributed by atoms with Crippen LogP contribution in [0.2, 0.25) is 0 Å². The van der Waals surface area contributed by atoms with Gasteiger partial charge < -0.3 is 14.2 Å². The largest absolute Gasteiger partial charge is 0.462 e. The number of carbonyl (C=O) groups excluding carboxylic acids is 3. The van der Waals surface area contributed by atoms with E-state index in [1.54, 1.807) is 0 Å². The Balaban J connectivity index is 4.38. The van der Waals surface area contributed by atoms with E-state index >= 15 is 0 Å². The molecule has 0 aromatic rings. The maximum absolute atomic E-state index is 12.7. The van der Waals surface area contributed by atoms with Crippen molar-refractivity contribution in [2.45, 2.75) is 258 Å². The van der Waals surface area contributed by atoms with E-state index in [9.17, 15) is 14.4 Å². The van der Waals surface area contributed by atoms with Gasteiger partial charge in [0.1, 0.15) is 13.2 Å². The number of hydrogen-bond acceptors (Lipinski definition) is 6. The lowest BCUT2D eigenvalue weighted by molar-refractivity contribution is -0.167. The molecule has 0 aromatic heterocycles. The Labute approximate surface area is 353 Å². The van der Waals surface area contributed by atoms with Crippen molar-refractivity contribution in [3.63, 3.8) is 0 Å². The number of rotatable bonds is 44. The van der Waals surface area contributed by atoms with Crippen molar-refractivity contribution in [2.24, 2.45) is 0 Å². The summed E-state index contributed by atoms with van der Waals surface area (Å²) in [5.74, 6) is -0.907. The van der Waals surface area contributed by atoms with Gasteiger partial charge in [-0.25, -0.2) is 0 Å². The van der Waals surface area contributed by atoms with Crippen LogP contribution in [0, 0.1) is 0 Å². The van der Waals surface area contributed by atoms with Crippen LogP contribution < -0.4 is 0 Å². The molecule has 0 heterocycles. The van der Waals surface area contributed by atoms with E-state index in [0.29, 0.717) is 19.3 Å². The van der Waals surface area contributed by atoms with Crippen LogP contribution in [-0.2, 0) is 28.6 Å². The third kappa shape index (κ3) is 44.6. The Morgan fingerprint density at radius 1 is 0.351 bits per heavy atom. The summed E-state index contributed by atoms with van der Waals surface area (Å²) in [7, 11) is 0. The summed E-state index contributed by atoms with van der Waals surface area (Å²) < 4.78 is 16.7. The van der Waals surface area contributed by atoms with Crippen molar-refractivity contribution >= 4 is 17.9 Å². The number of esters is 3. The van der Waals surface area contributed by atoms with E-state index in [4.69, 9.17) is 14.2 Å². The molecule has 0 fully saturated rings. The topological polar surface area (TPSA) is 78.9 Å². The highest BCUT2D eigenvalue weighted by Crippen LogP contribution is 2.15. The number of allylic oxidation sites excluding steroid dienone is 6. The van der Waals surface area contributed by atoms with Crippen LogP contribution in [0.3, 0.4) is 0 Å². The predicted molar refractivity (Wildman–Crippen MR) is 242 cm³/mol. The summed E-state index contributed by atoms with van der Waals surface area (Å²) in [6, 6.07) is 0. The first-order valence-corrected chi connectivity index (χ1v) is 24.5. The molecule has 0 saturated carbocycles. The standard InChI is InChI=1S/C51H92O6/c1-4-7-10-13-16-19-22-24-25-27-29-32-35-38-41-44-50(53)56-47-48(46-55-49(52)43-40-37-34-31-28-21-18-15-12-9-6-3)57-51(54)45-42-39-36-33-30-26-23-20-17-14-11-8-5-2/h15,18-19,21-22,28,48H,4-14,16-17,20,23-27,29-47H2,1-3H3/b18-15-,22-19-,28-21-. The molecular weight excluding hydrogens is 709 g/mol. The molecule has 0 bridgehead atoms. The van der Waals surface area contributed by atoms with Gasteiger partial charge in [-0.05, 0) is 64.2 Å². The molecule has 0 spiro atoms. The maximum atomic E-state index is 12.7. The van der Waals surface area contributed by atoms with Crippen LogP contribution in [0.25, 0.3) is 0 Å². The molecule has 0 saturated heterocycles. The van der Waals surface area contributed by atoms with E-state index in [0.717, 1.165) is 70.6 Å². The van der Waals surface area contributed by atoms with Crippen molar-refractivity contribution in [2.75, 3.05) is 13.2 Å². The Bertz CT molecular complexity index is 969. The van der Waals surface area contributed by atoms with Gasteiger partial charge in [-0.2, -0.15) is 0 Å². The van der Waals surface area contributed by atoms with Gasteiger partial charge in [-0.3, -0.25) is 14.4 Å². The predicted octanol–water partition coefficient (Wildman–Crippen LogP) is 15.8. The van der Waals surface area contributed by atoms with Gasteiger partial charge in [-0.1, -0.05) is 205 Å². The van der Waals surface area contributed by atoms with Gasteiger partial charge in [-0.15, -0.1) is 0 Å². The van der Waals surface area contributed by atoms with Crippen molar-refractivity contribution in [3.8, 4) is 0 Å². The van der Waals surface area contributed by atoms with Gasteiger partial charge in [0.25, 0.3) is 0 Å². The van der Waals surface area contributed by atoms with E-state index < -0.39 is 6.10 Å². The molecular formula is C51H92O6. The summed E-state index contributed by atoms with van der Waals surface area (Å²) in [5, 5.41) is 0. The Kier molecular flexibility index (Phi) is 44.4. The van der Waals surface area contributed by atoms with Gasteiger partial charge in [0.15, 0.2) is 6.10 Å². The molecule has 332 valence electrons. The van der Waals surface area contributed by atoms with Gasteiger partial charge in [0, 0.05) is 19.3 Å². The Morgan fingerprint density at radius 3 is 1.07 bits per heavy atom. The Hall–Kier alpha value is -2.37. The maximum Gasteiger partial charge on any atom is 0.306 e. The smallest absolute Gasteiger partial charge is 0.306 e. The monoisotopic (exact) mass is 801 g/mol. The lowest BCUT2D eigenvalue weighted by atomic mass is 10.0. The van der Waals surface area contributed by atoms with Crippen LogP contribution >= 0.6 is 0 Å². The number of carbonyl (C=O) groups is 3. The van der Waals surface area contributed by atoms with Crippen LogP contribution in [0.15, 0.2) is 36.5 Å². The zero-order chi connectivity index (χ0) is 41.5. The molecule has 0 aliphatic carbocycles. The number of hydrogen-bond donors (Lipinski definition) is 0. The van der Waals surface area contributed by atoms with Crippen LogP contribution in [0.1, 0.15) is 252 Å². The fraction of sp³-hybridized carbons (Fsp3) is 0.824. The minimum Gasteiger partial charge on any atom is -0.462 e. The van der Waals surface area contributed by atoms with Crippen molar-refractivity contribution < 1.29 is 28.6 Å². The average molecular weight is 801 g/mol. The van der Waals surface area contributed by atoms with Crippen LogP contribution in [0.5, 0.6) is 0 Å². The summed E-state index contributed by atoms with van der Waals surface area (Å²) in [6.07, 6.45) is 52.7. The highest BCUT2D eigenvalue weighted by Gasteiger charge is 2.19. The molecule has 0 aliphatic rings. The lowest BCUT2D eigenvalue weighted by Crippen LogP contribution is -2.30. The SMILES string of the molecule is CCCC/C=C\C=C/CCCCCC(=O)OCC(COC(=O)CCCCCCCCC/C=C\CCCCCC)OC(=O)CCCCCCCCCCCCCCC. The van der Waals surface area contributed by atoms with Crippen molar-refractivity contribution in [1.29, 1.82) is 0 Å². The molecule has 0 amide bonds. The van der Waals surface area contributed by atoms with E-state index in [-0.39, 0.29) is 31.1 Å². The van der Waals surface area contributed by atoms with E-state index in [1.165, 1.54) is 141 Å². The molecule has 6 nitrogen and oxygen atoms in total.